The van der Waals surface area contributed by atoms with Crippen molar-refractivity contribution in [2.45, 2.75) is 43.3 Å². The van der Waals surface area contributed by atoms with E-state index in [0.717, 1.165) is 28.8 Å². The number of ether oxygens (including phenoxy) is 1. The summed E-state index contributed by atoms with van der Waals surface area (Å²) in [5.41, 5.74) is 3.66. The van der Waals surface area contributed by atoms with E-state index < -0.39 is 5.97 Å². The first-order valence-corrected chi connectivity index (χ1v) is 13.1. The summed E-state index contributed by atoms with van der Waals surface area (Å²) < 4.78 is 7.11. The molecule has 0 unspecified atom stereocenters. The molecule has 0 radical (unpaired) electrons. The Morgan fingerprint density at radius 3 is 2.41 bits per heavy atom. The van der Waals surface area contributed by atoms with Crippen LogP contribution in [0.15, 0.2) is 77.4 Å². The Kier molecular flexibility index (Phi) is 8.51. The van der Waals surface area contributed by atoms with Crippen LogP contribution in [0.2, 0.25) is 0 Å². The molecule has 0 fully saturated rings. The first-order valence-electron chi connectivity index (χ1n) is 11.2. The van der Waals surface area contributed by atoms with Crippen molar-refractivity contribution in [2.24, 2.45) is 0 Å². The number of imidazole rings is 1. The highest BCUT2D eigenvalue weighted by Gasteiger charge is 2.18. The predicted octanol–water partition coefficient (Wildman–Crippen LogP) is 5.52. The quantitative estimate of drug-likeness (QED) is 0.219. The number of hydrogen-bond donors (Lipinski definition) is 1. The molecule has 0 saturated heterocycles. The monoisotopic (exact) mass is 493 g/mol. The van der Waals surface area contributed by atoms with Crippen molar-refractivity contribution in [1.82, 2.24) is 14.5 Å². The number of aliphatic hydroxyl groups is 1. The van der Waals surface area contributed by atoms with E-state index in [2.05, 4.69) is 63.1 Å². The lowest BCUT2D eigenvalue weighted by Gasteiger charge is -2.20. The lowest BCUT2D eigenvalue weighted by Crippen LogP contribution is -2.10. The average Bonchev–Trinajstić information content (AvgIpc) is 3.51. The Balaban J connectivity index is 1.49. The van der Waals surface area contributed by atoms with E-state index in [1.807, 2.05) is 12.1 Å². The van der Waals surface area contributed by atoms with Crippen molar-refractivity contribution in [2.75, 3.05) is 6.61 Å². The van der Waals surface area contributed by atoms with Crippen LogP contribution in [-0.4, -0.2) is 32.2 Å². The number of benzene rings is 2. The fourth-order valence-corrected chi connectivity index (χ4v) is 5.63. The minimum absolute atomic E-state index is 0.0703. The van der Waals surface area contributed by atoms with E-state index in [0.29, 0.717) is 18.1 Å². The van der Waals surface area contributed by atoms with Gasteiger partial charge in [0, 0.05) is 17.8 Å². The molecule has 176 valence electrons. The van der Waals surface area contributed by atoms with Crippen molar-refractivity contribution in [1.29, 1.82) is 0 Å². The highest BCUT2D eigenvalue weighted by molar-refractivity contribution is 7.98. The molecule has 0 aliphatic carbocycles. The van der Waals surface area contributed by atoms with Crippen LogP contribution >= 0.6 is 23.1 Å². The molecule has 0 aliphatic rings. The molecule has 8 heteroatoms. The largest absolute Gasteiger partial charge is 0.461 e. The van der Waals surface area contributed by atoms with Crippen LogP contribution in [0.3, 0.4) is 0 Å². The van der Waals surface area contributed by atoms with Gasteiger partial charge < -0.3 is 14.4 Å². The zero-order chi connectivity index (χ0) is 23.8. The van der Waals surface area contributed by atoms with Gasteiger partial charge in [0.25, 0.3) is 0 Å². The Hall–Kier alpha value is -2.94. The summed E-state index contributed by atoms with van der Waals surface area (Å²) in [6.07, 6.45) is 2.60. The van der Waals surface area contributed by atoms with Gasteiger partial charge in [-0.1, -0.05) is 72.4 Å². The Bertz CT molecular complexity index is 1150. The standard InChI is InChI=1S/C26H27N3O3S2/c1-2-32-25(31)23-17-33-24(28-23)18-34-26-27-15-21(16-30)29(26)14-13-22(19-9-5-3-6-10-19)20-11-7-4-8-12-20/h3-12,15,17,22,30H,2,13-14,16,18H2,1H3. The first kappa shape index (κ1) is 24.2. The number of aromatic nitrogens is 3. The second-order valence-corrected chi connectivity index (χ2v) is 9.53. The van der Waals surface area contributed by atoms with Crippen molar-refractivity contribution in [3.63, 3.8) is 0 Å². The van der Waals surface area contributed by atoms with Crippen LogP contribution in [0, 0.1) is 0 Å². The van der Waals surface area contributed by atoms with E-state index >= 15 is 0 Å². The van der Waals surface area contributed by atoms with Crippen molar-refractivity contribution in [3.05, 3.63) is 99.8 Å². The molecule has 2 aromatic heterocycles. The summed E-state index contributed by atoms with van der Waals surface area (Å²) in [4.78, 5) is 20.8. The third kappa shape index (κ3) is 5.94. The minimum atomic E-state index is -0.396. The van der Waals surface area contributed by atoms with Gasteiger partial charge in [0.15, 0.2) is 10.9 Å². The Morgan fingerprint density at radius 2 is 1.79 bits per heavy atom. The van der Waals surface area contributed by atoms with Gasteiger partial charge in [-0.25, -0.2) is 14.8 Å². The van der Waals surface area contributed by atoms with Gasteiger partial charge in [-0.2, -0.15) is 0 Å². The van der Waals surface area contributed by atoms with Gasteiger partial charge >= 0.3 is 5.97 Å². The third-order valence-electron chi connectivity index (χ3n) is 5.47. The zero-order valence-electron chi connectivity index (χ0n) is 19.0. The normalized spacial score (nSPS) is 11.1. The van der Waals surface area contributed by atoms with Gasteiger partial charge in [-0.05, 0) is 24.5 Å². The smallest absolute Gasteiger partial charge is 0.357 e. The fraction of sp³-hybridized carbons (Fsp3) is 0.269. The van der Waals surface area contributed by atoms with E-state index in [4.69, 9.17) is 4.74 Å². The molecule has 4 aromatic rings. The predicted molar refractivity (Wildman–Crippen MR) is 135 cm³/mol. The Labute approximate surface area is 207 Å². The van der Waals surface area contributed by atoms with E-state index in [9.17, 15) is 9.90 Å². The second-order valence-electron chi connectivity index (χ2n) is 7.64. The molecule has 2 heterocycles. The molecule has 0 amide bonds. The molecule has 2 aromatic carbocycles. The van der Waals surface area contributed by atoms with E-state index in [-0.39, 0.29) is 12.5 Å². The molecule has 4 rings (SSSR count). The average molecular weight is 494 g/mol. The number of aliphatic hydroxyl groups excluding tert-OH is 1. The summed E-state index contributed by atoms with van der Waals surface area (Å²) in [6, 6.07) is 21.0. The highest BCUT2D eigenvalue weighted by atomic mass is 32.2. The molecule has 0 bridgehead atoms. The van der Waals surface area contributed by atoms with Gasteiger partial charge in [-0.15, -0.1) is 11.3 Å². The number of hydrogen-bond acceptors (Lipinski definition) is 7. The van der Waals surface area contributed by atoms with Crippen LogP contribution in [0.5, 0.6) is 0 Å². The molecule has 0 aliphatic heterocycles. The van der Waals surface area contributed by atoms with Crippen LogP contribution < -0.4 is 0 Å². The van der Waals surface area contributed by atoms with Crippen LogP contribution in [0.25, 0.3) is 0 Å². The van der Waals surface area contributed by atoms with Gasteiger partial charge in [0.05, 0.1) is 30.9 Å². The van der Waals surface area contributed by atoms with Crippen molar-refractivity contribution in [3.8, 4) is 0 Å². The number of thiazole rings is 1. The SMILES string of the molecule is CCOC(=O)c1csc(CSc2ncc(CO)n2CCC(c2ccccc2)c2ccccc2)n1. The summed E-state index contributed by atoms with van der Waals surface area (Å²) >= 11 is 2.99. The molecular weight excluding hydrogens is 466 g/mol. The minimum Gasteiger partial charge on any atom is -0.461 e. The molecule has 0 saturated carbocycles. The maximum atomic E-state index is 11.9. The molecule has 34 heavy (non-hydrogen) atoms. The van der Waals surface area contributed by atoms with Crippen molar-refractivity contribution >= 4 is 29.1 Å². The lowest BCUT2D eigenvalue weighted by atomic mass is 9.88. The molecule has 0 atom stereocenters. The molecular formula is C26H27N3O3S2. The van der Waals surface area contributed by atoms with E-state index in [1.54, 1.807) is 30.3 Å². The lowest BCUT2D eigenvalue weighted by molar-refractivity contribution is 0.0520. The van der Waals surface area contributed by atoms with Crippen LogP contribution in [0.1, 0.15) is 51.6 Å². The van der Waals surface area contributed by atoms with Crippen LogP contribution in [0.4, 0.5) is 0 Å². The fourth-order valence-electron chi connectivity index (χ4n) is 3.83. The summed E-state index contributed by atoms with van der Waals surface area (Å²) in [5.74, 6) is 0.430. The first-order chi connectivity index (χ1) is 16.7. The molecule has 1 N–H and O–H groups in total. The molecule has 6 nitrogen and oxygen atoms in total. The van der Waals surface area contributed by atoms with Crippen LogP contribution in [-0.2, 0) is 23.6 Å². The topological polar surface area (TPSA) is 77.2 Å². The summed E-state index contributed by atoms with van der Waals surface area (Å²) in [5, 5.41) is 13.3. The third-order valence-corrected chi connectivity index (χ3v) is 7.50. The number of carbonyl (C=O) groups excluding carboxylic acids is 1. The zero-order valence-corrected chi connectivity index (χ0v) is 20.6. The summed E-state index contributed by atoms with van der Waals surface area (Å²) in [6.45, 7) is 2.76. The molecule has 0 spiro atoms. The van der Waals surface area contributed by atoms with Gasteiger partial charge in [0.1, 0.15) is 5.01 Å². The highest BCUT2D eigenvalue weighted by Crippen LogP contribution is 2.31. The summed E-state index contributed by atoms with van der Waals surface area (Å²) in [7, 11) is 0. The van der Waals surface area contributed by atoms with Gasteiger partial charge in [-0.3, -0.25) is 0 Å². The number of carbonyl (C=O) groups is 1. The number of esters is 1. The maximum Gasteiger partial charge on any atom is 0.357 e. The number of rotatable bonds is 11. The second kappa shape index (κ2) is 12.0. The Morgan fingerprint density at radius 1 is 1.12 bits per heavy atom. The van der Waals surface area contributed by atoms with E-state index in [1.165, 1.54) is 22.5 Å². The number of thioether (sulfide) groups is 1. The van der Waals surface area contributed by atoms with Gasteiger partial charge in [0.2, 0.25) is 0 Å². The maximum absolute atomic E-state index is 11.9. The van der Waals surface area contributed by atoms with Crippen molar-refractivity contribution < 1.29 is 14.6 Å². The number of nitrogens with zero attached hydrogens (tertiary/aromatic N) is 3.